The van der Waals surface area contributed by atoms with Gasteiger partial charge in [0, 0.05) is 0 Å². The molecule has 0 aliphatic carbocycles. The fourth-order valence-corrected chi connectivity index (χ4v) is 1.63. The maximum absolute atomic E-state index is 12.9. The van der Waals surface area contributed by atoms with Crippen LogP contribution >= 0.6 is 11.6 Å². The van der Waals surface area contributed by atoms with E-state index in [1.54, 1.807) is 0 Å². The zero-order valence-corrected chi connectivity index (χ0v) is 10.8. The van der Waals surface area contributed by atoms with E-state index in [9.17, 15) is 4.39 Å². The molecule has 0 bridgehead atoms. The van der Waals surface area contributed by atoms with E-state index in [0.717, 1.165) is 0 Å². The summed E-state index contributed by atoms with van der Waals surface area (Å²) >= 11 is 5.92. The highest BCUT2D eigenvalue weighted by Crippen LogP contribution is 2.29. The lowest BCUT2D eigenvalue weighted by Crippen LogP contribution is -2.33. The van der Waals surface area contributed by atoms with Crippen LogP contribution in [0.5, 0.6) is 0 Å². The molecule has 96 valence electrons. The molecule has 18 heavy (non-hydrogen) atoms. The van der Waals surface area contributed by atoms with Gasteiger partial charge in [0.25, 0.3) is 5.89 Å². The second-order valence-electron chi connectivity index (χ2n) is 4.32. The van der Waals surface area contributed by atoms with E-state index in [-0.39, 0.29) is 10.9 Å². The van der Waals surface area contributed by atoms with E-state index in [2.05, 4.69) is 10.1 Å². The average Bonchev–Trinajstić information content (AvgIpc) is 2.79. The van der Waals surface area contributed by atoms with E-state index in [1.807, 2.05) is 13.8 Å². The van der Waals surface area contributed by atoms with E-state index in [1.165, 1.54) is 18.2 Å². The molecule has 0 amide bonds. The van der Waals surface area contributed by atoms with Crippen LogP contribution in [0.3, 0.4) is 0 Å². The van der Waals surface area contributed by atoms with Crippen molar-refractivity contribution in [1.29, 1.82) is 0 Å². The van der Waals surface area contributed by atoms with E-state index in [0.29, 0.717) is 17.8 Å². The van der Waals surface area contributed by atoms with E-state index in [4.69, 9.17) is 21.9 Å². The van der Waals surface area contributed by atoms with Crippen molar-refractivity contribution in [3.05, 3.63) is 34.9 Å². The Labute approximate surface area is 109 Å². The first-order valence-electron chi connectivity index (χ1n) is 5.52. The van der Waals surface area contributed by atoms with Crippen LogP contribution in [0.1, 0.15) is 26.1 Å². The molecule has 1 heterocycles. The Morgan fingerprint density at radius 1 is 1.50 bits per heavy atom. The third-order valence-electron chi connectivity index (χ3n) is 2.83. The van der Waals surface area contributed by atoms with Gasteiger partial charge in [0.05, 0.1) is 16.1 Å². The normalized spacial score (nSPS) is 14.5. The van der Waals surface area contributed by atoms with Crippen LogP contribution in [0.4, 0.5) is 4.39 Å². The van der Waals surface area contributed by atoms with Crippen molar-refractivity contribution in [2.75, 3.05) is 0 Å². The molecule has 1 aromatic carbocycles. The topological polar surface area (TPSA) is 64.9 Å². The number of hydrogen-bond donors (Lipinski definition) is 1. The van der Waals surface area contributed by atoms with E-state index < -0.39 is 11.4 Å². The molecule has 1 aromatic heterocycles. The van der Waals surface area contributed by atoms with Crippen molar-refractivity contribution in [1.82, 2.24) is 10.1 Å². The second kappa shape index (κ2) is 4.66. The van der Waals surface area contributed by atoms with Gasteiger partial charge in [0.15, 0.2) is 5.82 Å². The monoisotopic (exact) mass is 269 g/mol. The van der Waals surface area contributed by atoms with Gasteiger partial charge in [-0.25, -0.2) is 4.39 Å². The molecule has 1 unspecified atom stereocenters. The Hall–Kier alpha value is -1.46. The molecule has 1 atom stereocenters. The van der Waals surface area contributed by atoms with Crippen LogP contribution in [0.15, 0.2) is 22.7 Å². The number of aromatic nitrogens is 2. The Morgan fingerprint density at radius 3 is 2.83 bits per heavy atom. The fourth-order valence-electron chi connectivity index (χ4n) is 1.39. The molecule has 0 fully saturated rings. The van der Waals surface area contributed by atoms with Crippen molar-refractivity contribution in [2.24, 2.45) is 5.73 Å². The molecular weight excluding hydrogens is 257 g/mol. The first-order chi connectivity index (χ1) is 8.44. The van der Waals surface area contributed by atoms with Crippen LogP contribution in [-0.2, 0) is 5.54 Å². The summed E-state index contributed by atoms with van der Waals surface area (Å²) in [6, 6.07) is 3.98. The number of nitrogens with zero attached hydrogens (tertiary/aromatic N) is 2. The quantitative estimate of drug-likeness (QED) is 0.930. The molecule has 0 saturated heterocycles. The largest absolute Gasteiger partial charge is 0.334 e. The van der Waals surface area contributed by atoms with Crippen molar-refractivity contribution < 1.29 is 8.91 Å². The minimum atomic E-state index is -0.658. The summed E-state index contributed by atoms with van der Waals surface area (Å²) in [5.41, 5.74) is 5.84. The summed E-state index contributed by atoms with van der Waals surface area (Å²) in [7, 11) is 0. The highest BCUT2D eigenvalue weighted by Gasteiger charge is 2.26. The van der Waals surface area contributed by atoms with Crippen molar-refractivity contribution in [3.63, 3.8) is 0 Å². The summed E-state index contributed by atoms with van der Waals surface area (Å²) in [6.07, 6.45) is 0.670. The number of hydrogen-bond acceptors (Lipinski definition) is 4. The Morgan fingerprint density at radius 2 is 2.22 bits per heavy atom. The first-order valence-corrected chi connectivity index (χ1v) is 5.90. The lowest BCUT2D eigenvalue weighted by molar-refractivity contribution is 0.379. The zero-order chi connectivity index (χ0) is 13.3. The predicted octanol–water partition coefficient (Wildman–Crippen LogP) is 3.11. The third kappa shape index (κ3) is 2.37. The van der Waals surface area contributed by atoms with Gasteiger partial charge in [0.1, 0.15) is 5.82 Å². The van der Waals surface area contributed by atoms with E-state index >= 15 is 0 Å². The maximum Gasteiger partial charge on any atom is 0.259 e. The van der Waals surface area contributed by atoms with Crippen LogP contribution in [-0.4, -0.2) is 10.1 Å². The Kier molecular flexibility index (Phi) is 3.36. The lowest BCUT2D eigenvalue weighted by Gasteiger charge is -2.16. The number of halogens is 2. The molecule has 0 spiro atoms. The second-order valence-corrected chi connectivity index (χ2v) is 4.73. The smallest absolute Gasteiger partial charge is 0.259 e. The number of nitrogens with two attached hydrogens (primary N) is 1. The summed E-state index contributed by atoms with van der Waals surface area (Å²) in [4.78, 5) is 4.20. The molecule has 2 aromatic rings. The molecule has 4 nitrogen and oxygen atoms in total. The lowest BCUT2D eigenvalue weighted by atomic mass is 10.00. The van der Waals surface area contributed by atoms with Gasteiger partial charge in [-0.05, 0) is 31.5 Å². The molecule has 0 saturated carbocycles. The molecule has 2 rings (SSSR count). The van der Waals surface area contributed by atoms with Crippen LogP contribution in [0, 0.1) is 5.82 Å². The summed E-state index contributed by atoms with van der Waals surface area (Å²) in [5.74, 6) is 0.223. The highest BCUT2D eigenvalue weighted by molar-refractivity contribution is 6.33. The van der Waals surface area contributed by atoms with Gasteiger partial charge in [0.2, 0.25) is 0 Å². The number of benzene rings is 1. The Bertz CT molecular complexity index is 568. The molecule has 0 aliphatic rings. The maximum atomic E-state index is 12.9. The zero-order valence-electron chi connectivity index (χ0n) is 10.1. The summed E-state index contributed by atoms with van der Waals surface area (Å²) in [5, 5.41) is 4.06. The third-order valence-corrected chi connectivity index (χ3v) is 3.15. The van der Waals surface area contributed by atoms with Crippen molar-refractivity contribution >= 4 is 11.6 Å². The summed E-state index contributed by atoms with van der Waals surface area (Å²) < 4.78 is 18.1. The average molecular weight is 270 g/mol. The summed E-state index contributed by atoms with van der Waals surface area (Å²) in [6.45, 7) is 3.74. The van der Waals surface area contributed by atoms with Gasteiger partial charge in [-0.15, -0.1) is 0 Å². The standard InChI is InChI=1S/C12H13ClFN3O/c1-3-12(2,15)11-16-10(18-17-11)8-5-4-7(14)6-9(8)13/h4-6H,3,15H2,1-2H3. The molecular formula is C12H13ClFN3O. The highest BCUT2D eigenvalue weighted by atomic mass is 35.5. The van der Waals surface area contributed by atoms with Crippen LogP contribution in [0.2, 0.25) is 5.02 Å². The Balaban J connectivity index is 2.41. The number of rotatable bonds is 3. The minimum absolute atomic E-state index is 0.223. The molecule has 6 heteroatoms. The van der Waals surface area contributed by atoms with Gasteiger partial charge in [-0.2, -0.15) is 4.98 Å². The van der Waals surface area contributed by atoms with Gasteiger partial charge in [-0.1, -0.05) is 23.7 Å². The van der Waals surface area contributed by atoms with Gasteiger partial charge < -0.3 is 10.3 Å². The van der Waals surface area contributed by atoms with Gasteiger partial charge >= 0.3 is 0 Å². The van der Waals surface area contributed by atoms with Crippen LogP contribution < -0.4 is 5.73 Å². The SMILES string of the molecule is CCC(C)(N)c1noc(-c2ccc(F)cc2Cl)n1. The predicted molar refractivity (Wildman–Crippen MR) is 66.5 cm³/mol. The fraction of sp³-hybridized carbons (Fsp3) is 0.333. The molecule has 2 N–H and O–H groups in total. The minimum Gasteiger partial charge on any atom is -0.334 e. The van der Waals surface area contributed by atoms with Crippen LogP contribution in [0.25, 0.3) is 11.5 Å². The molecule has 0 radical (unpaired) electrons. The van der Waals surface area contributed by atoms with Crippen molar-refractivity contribution in [2.45, 2.75) is 25.8 Å². The van der Waals surface area contributed by atoms with Gasteiger partial charge in [-0.3, -0.25) is 0 Å². The first kappa shape index (κ1) is 13.0. The van der Waals surface area contributed by atoms with Crippen molar-refractivity contribution in [3.8, 4) is 11.5 Å². The molecule has 0 aliphatic heterocycles.